The van der Waals surface area contributed by atoms with Crippen molar-refractivity contribution in [2.75, 3.05) is 5.32 Å². The standard InChI is InChI=1S/C12H9F3N2O/c13-12(14,15)8-4-1-2-5-9(8)17-10-6-3-7-16-11(10)18/h1-7,17H,(H,16,18). The van der Waals surface area contributed by atoms with E-state index in [1.54, 1.807) is 0 Å². The van der Waals surface area contributed by atoms with Crippen molar-refractivity contribution in [2.24, 2.45) is 0 Å². The molecule has 2 rings (SSSR count). The van der Waals surface area contributed by atoms with Crippen LogP contribution in [-0.2, 0) is 6.18 Å². The normalized spacial score (nSPS) is 11.3. The molecule has 0 aliphatic rings. The van der Waals surface area contributed by atoms with Crippen molar-refractivity contribution in [3.63, 3.8) is 0 Å². The van der Waals surface area contributed by atoms with Crippen LogP contribution in [0.15, 0.2) is 47.4 Å². The average molecular weight is 254 g/mol. The fourth-order valence-electron chi connectivity index (χ4n) is 1.50. The SMILES string of the molecule is O=c1[nH]cccc1Nc1ccccc1C(F)(F)F. The average Bonchev–Trinajstić information content (AvgIpc) is 2.31. The predicted octanol–water partition coefficient (Wildman–Crippen LogP) is 3.14. The molecule has 0 bridgehead atoms. The molecular formula is C12H9F3N2O. The van der Waals surface area contributed by atoms with E-state index in [2.05, 4.69) is 10.3 Å². The monoisotopic (exact) mass is 254 g/mol. The van der Waals surface area contributed by atoms with Gasteiger partial charge in [-0.3, -0.25) is 4.79 Å². The van der Waals surface area contributed by atoms with Crippen LogP contribution in [-0.4, -0.2) is 4.98 Å². The molecule has 2 N–H and O–H groups in total. The molecular weight excluding hydrogens is 245 g/mol. The van der Waals surface area contributed by atoms with E-state index >= 15 is 0 Å². The second-order valence-corrected chi connectivity index (χ2v) is 3.58. The lowest BCUT2D eigenvalue weighted by Gasteiger charge is -2.13. The maximum Gasteiger partial charge on any atom is 0.418 e. The van der Waals surface area contributed by atoms with E-state index in [1.165, 1.54) is 36.5 Å². The molecule has 0 unspecified atom stereocenters. The van der Waals surface area contributed by atoms with Gasteiger partial charge < -0.3 is 10.3 Å². The van der Waals surface area contributed by atoms with Crippen LogP contribution in [0.25, 0.3) is 0 Å². The third-order valence-electron chi connectivity index (χ3n) is 2.32. The van der Waals surface area contributed by atoms with Crippen LogP contribution in [0.2, 0.25) is 0 Å². The van der Waals surface area contributed by atoms with Gasteiger partial charge in [0.05, 0.1) is 11.3 Å². The molecule has 0 fully saturated rings. The van der Waals surface area contributed by atoms with Crippen molar-refractivity contribution < 1.29 is 13.2 Å². The van der Waals surface area contributed by atoms with Gasteiger partial charge in [0.2, 0.25) is 0 Å². The highest BCUT2D eigenvalue weighted by molar-refractivity contribution is 5.63. The number of benzene rings is 1. The van der Waals surface area contributed by atoms with E-state index in [4.69, 9.17) is 0 Å². The van der Waals surface area contributed by atoms with Crippen molar-refractivity contribution in [1.82, 2.24) is 4.98 Å². The lowest BCUT2D eigenvalue weighted by Crippen LogP contribution is -2.13. The number of hydrogen-bond acceptors (Lipinski definition) is 2. The molecule has 0 amide bonds. The Kier molecular flexibility index (Phi) is 3.10. The molecule has 0 aliphatic heterocycles. The Morgan fingerprint density at radius 3 is 2.33 bits per heavy atom. The van der Waals surface area contributed by atoms with Crippen LogP contribution >= 0.6 is 0 Å². The van der Waals surface area contributed by atoms with Gasteiger partial charge in [-0.15, -0.1) is 0 Å². The smallest absolute Gasteiger partial charge is 0.351 e. The van der Waals surface area contributed by atoms with Gasteiger partial charge in [0.1, 0.15) is 5.69 Å². The Balaban J connectivity index is 2.42. The summed E-state index contributed by atoms with van der Waals surface area (Å²) in [5.41, 5.74) is -1.38. The molecule has 1 aromatic carbocycles. The van der Waals surface area contributed by atoms with Crippen LogP contribution in [0.5, 0.6) is 0 Å². The second-order valence-electron chi connectivity index (χ2n) is 3.58. The lowest BCUT2D eigenvalue weighted by atomic mass is 10.1. The number of alkyl halides is 3. The third kappa shape index (κ3) is 2.53. The second kappa shape index (κ2) is 4.56. The Labute approximate surface area is 100 Å². The van der Waals surface area contributed by atoms with E-state index in [0.717, 1.165) is 6.07 Å². The van der Waals surface area contributed by atoms with Gasteiger partial charge in [0.25, 0.3) is 5.56 Å². The van der Waals surface area contributed by atoms with E-state index in [1.807, 2.05) is 0 Å². The van der Waals surface area contributed by atoms with Crippen LogP contribution in [0, 0.1) is 0 Å². The van der Waals surface area contributed by atoms with Gasteiger partial charge in [0.15, 0.2) is 0 Å². The fraction of sp³-hybridized carbons (Fsp3) is 0.0833. The molecule has 3 nitrogen and oxygen atoms in total. The highest BCUT2D eigenvalue weighted by Crippen LogP contribution is 2.35. The predicted molar refractivity (Wildman–Crippen MR) is 61.8 cm³/mol. The Morgan fingerprint density at radius 2 is 1.67 bits per heavy atom. The maximum atomic E-state index is 12.7. The van der Waals surface area contributed by atoms with Crippen molar-refractivity contribution >= 4 is 11.4 Å². The number of para-hydroxylation sites is 1. The molecule has 6 heteroatoms. The summed E-state index contributed by atoms with van der Waals surface area (Å²) in [5.74, 6) is 0. The first-order valence-corrected chi connectivity index (χ1v) is 5.09. The van der Waals surface area contributed by atoms with Crippen LogP contribution in [0.3, 0.4) is 0 Å². The van der Waals surface area contributed by atoms with Gasteiger partial charge >= 0.3 is 6.18 Å². The molecule has 0 aliphatic carbocycles. The molecule has 0 radical (unpaired) electrons. The van der Waals surface area contributed by atoms with E-state index in [-0.39, 0.29) is 11.4 Å². The first kappa shape index (κ1) is 12.2. The number of pyridine rings is 1. The molecule has 1 aromatic heterocycles. The quantitative estimate of drug-likeness (QED) is 0.864. The number of anilines is 2. The van der Waals surface area contributed by atoms with Gasteiger partial charge in [0, 0.05) is 6.20 Å². The highest BCUT2D eigenvalue weighted by atomic mass is 19.4. The molecule has 18 heavy (non-hydrogen) atoms. The lowest BCUT2D eigenvalue weighted by molar-refractivity contribution is -0.136. The van der Waals surface area contributed by atoms with Crippen molar-refractivity contribution in [3.05, 3.63) is 58.5 Å². The number of rotatable bonds is 2. The molecule has 1 heterocycles. The van der Waals surface area contributed by atoms with E-state index in [0.29, 0.717) is 0 Å². The van der Waals surface area contributed by atoms with Crippen molar-refractivity contribution in [1.29, 1.82) is 0 Å². The van der Waals surface area contributed by atoms with Crippen LogP contribution in [0.1, 0.15) is 5.56 Å². The molecule has 0 saturated carbocycles. The highest BCUT2D eigenvalue weighted by Gasteiger charge is 2.33. The van der Waals surface area contributed by atoms with Gasteiger partial charge in [-0.1, -0.05) is 12.1 Å². The molecule has 94 valence electrons. The summed E-state index contributed by atoms with van der Waals surface area (Å²) in [6.45, 7) is 0. The van der Waals surface area contributed by atoms with Gasteiger partial charge in [-0.2, -0.15) is 13.2 Å². The largest absolute Gasteiger partial charge is 0.418 e. The van der Waals surface area contributed by atoms with Gasteiger partial charge in [-0.05, 0) is 24.3 Å². The van der Waals surface area contributed by atoms with E-state index < -0.39 is 17.3 Å². The Morgan fingerprint density at radius 1 is 1.00 bits per heavy atom. The molecule has 0 spiro atoms. The zero-order valence-corrected chi connectivity index (χ0v) is 9.08. The van der Waals surface area contributed by atoms with E-state index in [9.17, 15) is 18.0 Å². The van der Waals surface area contributed by atoms with Crippen molar-refractivity contribution in [3.8, 4) is 0 Å². The first-order valence-electron chi connectivity index (χ1n) is 5.09. The van der Waals surface area contributed by atoms with Gasteiger partial charge in [-0.25, -0.2) is 0 Å². The Bertz CT molecular complexity index is 605. The number of nitrogens with one attached hydrogen (secondary N) is 2. The zero-order valence-electron chi connectivity index (χ0n) is 9.08. The Hall–Kier alpha value is -2.24. The summed E-state index contributed by atoms with van der Waals surface area (Å²) in [6.07, 6.45) is -3.06. The number of aromatic amines is 1. The topological polar surface area (TPSA) is 44.9 Å². The zero-order chi connectivity index (χ0) is 13.2. The summed E-state index contributed by atoms with van der Waals surface area (Å²) in [4.78, 5) is 13.8. The number of H-pyrrole nitrogens is 1. The minimum Gasteiger partial charge on any atom is -0.351 e. The van der Waals surface area contributed by atoms with Crippen LogP contribution in [0.4, 0.5) is 24.5 Å². The molecule has 0 atom stereocenters. The first-order chi connectivity index (χ1) is 8.48. The summed E-state index contributed by atoms with van der Waals surface area (Å²) in [5, 5.41) is 2.48. The summed E-state index contributed by atoms with van der Waals surface area (Å²) >= 11 is 0. The fourth-order valence-corrected chi connectivity index (χ4v) is 1.50. The number of aromatic nitrogens is 1. The van der Waals surface area contributed by atoms with Crippen molar-refractivity contribution in [2.45, 2.75) is 6.18 Å². The minimum absolute atomic E-state index is 0.0641. The number of hydrogen-bond donors (Lipinski definition) is 2. The molecule has 0 saturated heterocycles. The minimum atomic E-state index is -4.47. The summed E-state index contributed by atoms with van der Waals surface area (Å²) in [6, 6.07) is 7.93. The number of halogens is 3. The summed E-state index contributed by atoms with van der Waals surface area (Å²) < 4.78 is 38.2. The third-order valence-corrected chi connectivity index (χ3v) is 2.32. The maximum absolute atomic E-state index is 12.7. The molecule has 2 aromatic rings. The van der Waals surface area contributed by atoms with Crippen LogP contribution < -0.4 is 10.9 Å². The summed E-state index contributed by atoms with van der Waals surface area (Å²) in [7, 11) is 0.